The molecule has 0 aliphatic carbocycles. The number of phenols is 1. The molecule has 0 aromatic heterocycles. The maximum Gasteiger partial charge on any atom is 0.121 e. The monoisotopic (exact) mass is 197 g/mol. The minimum absolute atomic E-state index is 0.161. The van der Waals surface area contributed by atoms with Crippen molar-refractivity contribution in [1.82, 2.24) is 0 Å². The van der Waals surface area contributed by atoms with Crippen molar-refractivity contribution in [2.45, 2.75) is 13.0 Å². The molecule has 0 aliphatic rings. The number of phenolic OH excluding ortho intramolecular Hbond substituents is 1. The first-order chi connectivity index (χ1) is 6.06. The SMILES string of the molecule is C=C[C@H](N)c1cc(Cl)c(C)cc1O. The van der Waals surface area contributed by atoms with Crippen LogP contribution in [-0.4, -0.2) is 5.11 Å². The Kier molecular flexibility index (Phi) is 2.96. The van der Waals surface area contributed by atoms with Crippen LogP contribution in [0.1, 0.15) is 17.2 Å². The van der Waals surface area contributed by atoms with E-state index in [-0.39, 0.29) is 11.8 Å². The van der Waals surface area contributed by atoms with Crippen LogP contribution in [0, 0.1) is 6.92 Å². The van der Waals surface area contributed by atoms with Gasteiger partial charge in [-0.2, -0.15) is 0 Å². The Morgan fingerprint density at radius 1 is 1.62 bits per heavy atom. The molecule has 0 saturated carbocycles. The molecule has 1 rings (SSSR count). The fourth-order valence-electron chi connectivity index (χ4n) is 1.08. The third-order valence-electron chi connectivity index (χ3n) is 1.92. The number of rotatable bonds is 2. The number of halogens is 1. The van der Waals surface area contributed by atoms with Gasteiger partial charge >= 0.3 is 0 Å². The molecule has 0 aliphatic heterocycles. The lowest BCUT2D eigenvalue weighted by Gasteiger charge is -2.10. The Morgan fingerprint density at radius 3 is 2.77 bits per heavy atom. The van der Waals surface area contributed by atoms with Gasteiger partial charge in [-0.15, -0.1) is 6.58 Å². The molecule has 0 saturated heterocycles. The van der Waals surface area contributed by atoms with Crippen molar-refractivity contribution in [2.24, 2.45) is 5.73 Å². The molecule has 70 valence electrons. The van der Waals surface area contributed by atoms with Crippen molar-refractivity contribution in [1.29, 1.82) is 0 Å². The van der Waals surface area contributed by atoms with Gasteiger partial charge < -0.3 is 10.8 Å². The average molecular weight is 198 g/mol. The molecule has 3 heteroatoms. The molecule has 0 amide bonds. The van der Waals surface area contributed by atoms with Crippen LogP contribution in [0.2, 0.25) is 5.02 Å². The predicted octanol–water partition coefficient (Wildman–Crippen LogP) is 2.54. The normalized spacial score (nSPS) is 12.5. The van der Waals surface area contributed by atoms with Crippen LogP contribution in [0.3, 0.4) is 0 Å². The maximum atomic E-state index is 9.53. The standard InChI is InChI=1S/C10H12ClNO/c1-3-9(12)7-5-8(11)6(2)4-10(7)13/h3-5,9,13H,1,12H2,2H3/t9-/m0/s1. The predicted molar refractivity (Wildman–Crippen MR) is 55.0 cm³/mol. The zero-order valence-corrected chi connectivity index (χ0v) is 8.17. The quantitative estimate of drug-likeness (QED) is 0.716. The number of aromatic hydroxyl groups is 1. The Morgan fingerprint density at radius 2 is 2.23 bits per heavy atom. The van der Waals surface area contributed by atoms with E-state index in [0.29, 0.717) is 10.6 Å². The zero-order chi connectivity index (χ0) is 10.0. The molecule has 0 radical (unpaired) electrons. The Hall–Kier alpha value is -0.990. The van der Waals surface area contributed by atoms with Gasteiger partial charge in [0.2, 0.25) is 0 Å². The number of nitrogens with two attached hydrogens (primary N) is 1. The van der Waals surface area contributed by atoms with Gasteiger partial charge in [0.05, 0.1) is 6.04 Å². The van der Waals surface area contributed by atoms with E-state index < -0.39 is 0 Å². The first-order valence-electron chi connectivity index (χ1n) is 3.93. The van der Waals surface area contributed by atoms with E-state index in [4.69, 9.17) is 17.3 Å². The van der Waals surface area contributed by atoms with Crippen molar-refractivity contribution in [2.75, 3.05) is 0 Å². The topological polar surface area (TPSA) is 46.2 Å². The molecule has 0 unspecified atom stereocenters. The number of aryl methyl sites for hydroxylation is 1. The number of benzene rings is 1. The molecule has 13 heavy (non-hydrogen) atoms. The van der Waals surface area contributed by atoms with Gasteiger partial charge in [-0.3, -0.25) is 0 Å². The van der Waals surface area contributed by atoms with Crippen molar-refractivity contribution >= 4 is 11.6 Å². The summed E-state index contributed by atoms with van der Waals surface area (Å²) in [5.41, 5.74) is 7.11. The maximum absolute atomic E-state index is 9.53. The lowest BCUT2D eigenvalue weighted by atomic mass is 10.0. The summed E-state index contributed by atoms with van der Waals surface area (Å²) in [5, 5.41) is 10.1. The highest BCUT2D eigenvalue weighted by Crippen LogP contribution is 2.29. The average Bonchev–Trinajstić information content (AvgIpc) is 2.10. The van der Waals surface area contributed by atoms with E-state index in [1.54, 1.807) is 18.2 Å². The van der Waals surface area contributed by atoms with Crippen LogP contribution >= 0.6 is 11.6 Å². The largest absolute Gasteiger partial charge is 0.508 e. The summed E-state index contributed by atoms with van der Waals surface area (Å²) in [5.74, 6) is 0.161. The van der Waals surface area contributed by atoms with Crippen LogP contribution in [0.4, 0.5) is 0 Å². The van der Waals surface area contributed by atoms with Crippen LogP contribution in [0.15, 0.2) is 24.8 Å². The van der Waals surface area contributed by atoms with Gasteiger partial charge in [0, 0.05) is 10.6 Å². The van der Waals surface area contributed by atoms with E-state index in [9.17, 15) is 5.11 Å². The molecule has 0 fully saturated rings. The van der Waals surface area contributed by atoms with Gasteiger partial charge in [-0.05, 0) is 24.6 Å². The van der Waals surface area contributed by atoms with Crippen molar-refractivity contribution in [3.05, 3.63) is 40.9 Å². The second-order valence-electron chi connectivity index (χ2n) is 2.92. The van der Waals surface area contributed by atoms with Crippen molar-refractivity contribution < 1.29 is 5.11 Å². The fraction of sp³-hybridized carbons (Fsp3) is 0.200. The molecule has 0 spiro atoms. The van der Waals surface area contributed by atoms with Crippen LogP contribution in [0.25, 0.3) is 0 Å². The summed E-state index contributed by atoms with van der Waals surface area (Å²) < 4.78 is 0. The summed E-state index contributed by atoms with van der Waals surface area (Å²) in [4.78, 5) is 0. The number of hydrogen-bond acceptors (Lipinski definition) is 2. The summed E-state index contributed by atoms with van der Waals surface area (Å²) in [7, 11) is 0. The molecule has 1 aromatic rings. The second-order valence-corrected chi connectivity index (χ2v) is 3.33. The Labute approximate surface area is 82.6 Å². The lowest BCUT2D eigenvalue weighted by molar-refractivity contribution is 0.465. The van der Waals surface area contributed by atoms with E-state index in [1.807, 2.05) is 6.92 Å². The van der Waals surface area contributed by atoms with Crippen LogP contribution < -0.4 is 5.73 Å². The van der Waals surface area contributed by atoms with Gasteiger partial charge in [0.15, 0.2) is 0 Å². The van der Waals surface area contributed by atoms with Gasteiger partial charge in [0.25, 0.3) is 0 Å². The summed E-state index contributed by atoms with van der Waals surface area (Å²) >= 11 is 5.89. The molecule has 3 N–H and O–H groups in total. The molecular formula is C10H12ClNO. The molecule has 2 nitrogen and oxygen atoms in total. The molecule has 0 heterocycles. The van der Waals surface area contributed by atoms with E-state index in [1.165, 1.54) is 0 Å². The summed E-state index contributed by atoms with van der Waals surface area (Å²) in [6.07, 6.45) is 1.56. The van der Waals surface area contributed by atoms with E-state index >= 15 is 0 Å². The highest BCUT2D eigenvalue weighted by molar-refractivity contribution is 6.31. The van der Waals surface area contributed by atoms with Crippen molar-refractivity contribution in [3.8, 4) is 5.75 Å². The van der Waals surface area contributed by atoms with Crippen LogP contribution in [-0.2, 0) is 0 Å². The van der Waals surface area contributed by atoms with Gasteiger partial charge in [0.1, 0.15) is 5.75 Å². The van der Waals surface area contributed by atoms with E-state index in [0.717, 1.165) is 5.56 Å². The van der Waals surface area contributed by atoms with Crippen molar-refractivity contribution in [3.63, 3.8) is 0 Å². The molecule has 1 aromatic carbocycles. The second kappa shape index (κ2) is 3.81. The third kappa shape index (κ3) is 2.02. The Bertz CT molecular complexity index is 336. The molecule has 1 atom stereocenters. The smallest absolute Gasteiger partial charge is 0.121 e. The zero-order valence-electron chi connectivity index (χ0n) is 7.42. The first-order valence-corrected chi connectivity index (χ1v) is 4.31. The summed E-state index contributed by atoms with van der Waals surface area (Å²) in [6, 6.07) is 2.89. The molecule has 0 bridgehead atoms. The van der Waals surface area contributed by atoms with Gasteiger partial charge in [-0.1, -0.05) is 17.7 Å². The minimum atomic E-state index is -0.377. The van der Waals surface area contributed by atoms with E-state index in [2.05, 4.69) is 6.58 Å². The highest BCUT2D eigenvalue weighted by Gasteiger charge is 2.09. The minimum Gasteiger partial charge on any atom is -0.508 e. The fourth-order valence-corrected chi connectivity index (χ4v) is 1.25. The Balaban J connectivity index is 3.22. The summed E-state index contributed by atoms with van der Waals surface area (Å²) in [6.45, 7) is 5.38. The third-order valence-corrected chi connectivity index (χ3v) is 2.33. The van der Waals surface area contributed by atoms with Crippen LogP contribution in [0.5, 0.6) is 5.75 Å². The first kappa shape index (κ1) is 10.1. The van der Waals surface area contributed by atoms with Gasteiger partial charge in [-0.25, -0.2) is 0 Å². The lowest BCUT2D eigenvalue weighted by Crippen LogP contribution is -2.06. The highest BCUT2D eigenvalue weighted by atomic mass is 35.5. The number of hydrogen-bond donors (Lipinski definition) is 2. The molecular weight excluding hydrogens is 186 g/mol.